The van der Waals surface area contributed by atoms with Crippen LogP contribution >= 0.6 is 0 Å². The van der Waals surface area contributed by atoms with Crippen molar-refractivity contribution in [1.82, 2.24) is 0 Å². The summed E-state index contributed by atoms with van der Waals surface area (Å²) in [4.78, 5) is 12.8. The standard InChI is InChI=1S/C19H17NO/c1-19(20,17-9-3-2-4-10-17)18(21)16-12-11-14-7-5-6-8-15(14)13-16/h2-13H,20H2,1H3. The number of ketones is 1. The van der Waals surface area contributed by atoms with Gasteiger partial charge in [0.1, 0.15) is 5.54 Å². The number of fused-ring (bicyclic) bond motifs is 1. The van der Waals surface area contributed by atoms with Gasteiger partial charge in [-0.15, -0.1) is 0 Å². The third-order valence-electron chi connectivity index (χ3n) is 3.86. The molecule has 1 unspecified atom stereocenters. The first-order valence-corrected chi connectivity index (χ1v) is 6.97. The zero-order chi connectivity index (χ0) is 14.9. The monoisotopic (exact) mass is 275 g/mol. The Kier molecular flexibility index (Phi) is 3.32. The van der Waals surface area contributed by atoms with E-state index in [1.807, 2.05) is 72.8 Å². The van der Waals surface area contributed by atoms with E-state index in [2.05, 4.69) is 0 Å². The Morgan fingerprint density at radius 2 is 1.48 bits per heavy atom. The molecule has 0 saturated heterocycles. The van der Waals surface area contributed by atoms with Crippen molar-refractivity contribution in [3.05, 3.63) is 83.9 Å². The Morgan fingerprint density at radius 1 is 0.857 bits per heavy atom. The van der Waals surface area contributed by atoms with Gasteiger partial charge in [0.2, 0.25) is 0 Å². The fraction of sp³-hybridized carbons (Fsp3) is 0.105. The molecule has 0 aliphatic carbocycles. The lowest BCUT2D eigenvalue weighted by Gasteiger charge is -2.24. The second kappa shape index (κ2) is 5.15. The van der Waals surface area contributed by atoms with Gasteiger partial charge in [-0.25, -0.2) is 0 Å². The number of hydrogen-bond acceptors (Lipinski definition) is 2. The van der Waals surface area contributed by atoms with E-state index >= 15 is 0 Å². The molecule has 0 saturated carbocycles. The number of nitrogens with two attached hydrogens (primary N) is 1. The third kappa shape index (κ3) is 2.46. The van der Waals surface area contributed by atoms with Crippen LogP contribution in [0.3, 0.4) is 0 Å². The van der Waals surface area contributed by atoms with Crippen LogP contribution in [-0.2, 0) is 5.54 Å². The van der Waals surface area contributed by atoms with E-state index in [9.17, 15) is 4.79 Å². The van der Waals surface area contributed by atoms with Gasteiger partial charge < -0.3 is 5.73 Å². The van der Waals surface area contributed by atoms with Crippen molar-refractivity contribution in [3.8, 4) is 0 Å². The predicted molar refractivity (Wildman–Crippen MR) is 86.3 cm³/mol. The second-order valence-electron chi connectivity index (χ2n) is 5.46. The summed E-state index contributed by atoms with van der Waals surface area (Å²) in [5.41, 5.74) is 6.75. The van der Waals surface area contributed by atoms with Gasteiger partial charge in [-0.2, -0.15) is 0 Å². The number of Topliss-reactive ketones (excluding diaryl/α,β-unsaturated/α-hetero) is 1. The fourth-order valence-electron chi connectivity index (χ4n) is 2.55. The third-order valence-corrected chi connectivity index (χ3v) is 3.86. The Morgan fingerprint density at radius 3 is 2.19 bits per heavy atom. The Bertz CT molecular complexity index is 791. The highest BCUT2D eigenvalue weighted by molar-refractivity contribution is 6.05. The minimum absolute atomic E-state index is 0.0700. The van der Waals surface area contributed by atoms with Crippen LogP contribution < -0.4 is 5.73 Å². The van der Waals surface area contributed by atoms with E-state index in [-0.39, 0.29) is 5.78 Å². The molecule has 0 spiro atoms. The summed E-state index contributed by atoms with van der Waals surface area (Å²) >= 11 is 0. The van der Waals surface area contributed by atoms with Crippen molar-refractivity contribution in [1.29, 1.82) is 0 Å². The van der Waals surface area contributed by atoms with Crippen LogP contribution in [0.15, 0.2) is 72.8 Å². The van der Waals surface area contributed by atoms with Crippen LogP contribution in [-0.4, -0.2) is 5.78 Å². The number of benzene rings is 3. The molecule has 0 radical (unpaired) electrons. The number of rotatable bonds is 3. The molecular weight excluding hydrogens is 258 g/mol. The molecule has 0 aromatic heterocycles. The maximum atomic E-state index is 12.8. The van der Waals surface area contributed by atoms with E-state index in [0.29, 0.717) is 5.56 Å². The molecular formula is C19H17NO. The molecule has 0 amide bonds. The van der Waals surface area contributed by atoms with Crippen LogP contribution in [0.4, 0.5) is 0 Å². The molecule has 2 heteroatoms. The van der Waals surface area contributed by atoms with E-state index in [1.54, 1.807) is 6.92 Å². The van der Waals surface area contributed by atoms with Crippen LogP contribution in [0.5, 0.6) is 0 Å². The van der Waals surface area contributed by atoms with Crippen LogP contribution in [0.1, 0.15) is 22.8 Å². The lowest BCUT2D eigenvalue weighted by Crippen LogP contribution is -2.41. The first-order valence-electron chi connectivity index (χ1n) is 6.97. The maximum Gasteiger partial charge on any atom is 0.186 e. The summed E-state index contributed by atoms with van der Waals surface area (Å²) in [6.45, 7) is 1.76. The van der Waals surface area contributed by atoms with Crippen molar-refractivity contribution < 1.29 is 4.79 Å². The Balaban J connectivity index is 2.03. The number of carbonyl (C=O) groups is 1. The molecule has 3 rings (SSSR count). The fourth-order valence-corrected chi connectivity index (χ4v) is 2.55. The van der Waals surface area contributed by atoms with E-state index in [1.165, 1.54) is 0 Å². The minimum Gasteiger partial charge on any atom is -0.315 e. The van der Waals surface area contributed by atoms with Crippen molar-refractivity contribution >= 4 is 16.6 Å². The topological polar surface area (TPSA) is 43.1 Å². The highest BCUT2D eigenvalue weighted by Gasteiger charge is 2.31. The summed E-state index contributed by atoms with van der Waals surface area (Å²) in [5.74, 6) is -0.0700. The molecule has 3 aromatic rings. The molecule has 2 N–H and O–H groups in total. The van der Waals surface area contributed by atoms with E-state index in [0.717, 1.165) is 16.3 Å². The van der Waals surface area contributed by atoms with Crippen molar-refractivity contribution in [2.24, 2.45) is 5.73 Å². The SMILES string of the molecule is CC(N)(C(=O)c1ccc2ccccc2c1)c1ccccc1. The molecule has 0 aliphatic heterocycles. The minimum atomic E-state index is -1.02. The van der Waals surface area contributed by atoms with Crippen LogP contribution in [0, 0.1) is 0 Å². The van der Waals surface area contributed by atoms with Gasteiger partial charge in [0, 0.05) is 5.56 Å². The van der Waals surface area contributed by atoms with E-state index < -0.39 is 5.54 Å². The average Bonchev–Trinajstić information content (AvgIpc) is 2.54. The lowest BCUT2D eigenvalue weighted by molar-refractivity contribution is 0.0900. The maximum absolute atomic E-state index is 12.8. The van der Waals surface area contributed by atoms with E-state index in [4.69, 9.17) is 5.73 Å². The molecule has 3 aromatic carbocycles. The first-order chi connectivity index (χ1) is 10.1. The average molecular weight is 275 g/mol. The van der Waals surface area contributed by atoms with Gasteiger partial charge in [0.15, 0.2) is 5.78 Å². The molecule has 0 aliphatic rings. The Labute approximate surface area is 124 Å². The molecule has 2 nitrogen and oxygen atoms in total. The van der Waals surface area contributed by atoms with Gasteiger partial charge in [-0.3, -0.25) is 4.79 Å². The van der Waals surface area contributed by atoms with Gasteiger partial charge in [-0.05, 0) is 29.3 Å². The number of carbonyl (C=O) groups excluding carboxylic acids is 1. The summed E-state index contributed by atoms with van der Waals surface area (Å²) in [7, 11) is 0. The molecule has 104 valence electrons. The summed E-state index contributed by atoms with van der Waals surface area (Å²) in [5, 5.41) is 2.17. The zero-order valence-corrected chi connectivity index (χ0v) is 11.9. The van der Waals surface area contributed by atoms with Gasteiger partial charge >= 0.3 is 0 Å². The lowest BCUT2D eigenvalue weighted by atomic mass is 9.85. The Hall–Kier alpha value is -2.45. The molecule has 0 fully saturated rings. The predicted octanol–water partition coefficient (Wildman–Crippen LogP) is 3.90. The van der Waals surface area contributed by atoms with Crippen LogP contribution in [0.2, 0.25) is 0 Å². The van der Waals surface area contributed by atoms with Crippen molar-refractivity contribution in [2.75, 3.05) is 0 Å². The van der Waals surface area contributed by atoms with Gasteiger partial charge in [0.05, 0.1) is 0 Å². The highest BCUT2D eigenvalue weighted by atomic mass is 16.1. The quantitative estimate of drug-likeness (QED) is 0.737. The molecule has 0 bridgehead atoms. The highest BCUT2D eigenvalue weighted by Crippen LogP contribution is 2.24. The normalized spacial score (nSPS) is 13.8. The van der Waals surface area contributed by atoms with Crippen molar-refractivity contribution in [3.63, 3.8) is 0 Å². The summed E-state index contributed by atoms with van der Waals surface area (Å²) in [6, 6.07) is 23.2. The smallest absolute Gasteiger partial charge is 0.186 e. The molecule has 1 atom stereocenters. The largest absolute Gasteiger partial charge is 0.315 e. The van der Waals surface area contributed by atoms with Crippen LogP contribution in [0.25, 0.3) is 10.8 Å². The summed E-state index contributed by atoms with van der Waals surface area (Å²) < 4.78 is 0. The zero-order valence-electron chi connectivity index (χ0n) is 11.9. The second-order valence-corrected chi connectivity index (χ2v) is 5.46. The molecule has 0 heterocycles. The molecule has 21 heavy (non-hydrogen) atoms. The number of hydrogen-bond donors (Lipinski definition) is 1. The van der Waals surface area contributed by atoms with Crippen molar-refractivity contribution in [2.45, 2.75) is 12.5 Å². The van der Waals surface area contributed by atoms with Gasteiger partial charge in [0.25, 0.3) is 0 Å². The van der Waals surface area contributed by atoms with Gasteiger partial charge in [-0.1, -0.05) is 66.7 Å². The first kappa shape index (κ1) is 13.5. The summed E-state index contributed by atoms with van der Waals surface area (Å²) in [6.07, 6.45) is 0.